The first kappa shape index (κ1) is 36.7. The molecule has 0 radical (unpaired) electrons. The Balaban J connectivity index is 0.000000382. The molecule has 2 heterocycles. The predicted molar refractivity (Wildman–Crippen MR) is 172 cm³/mol. The summed E-state index contributed by atoms with van der Waals surface area (Å²) < 4.78 is 36.8. The molecule has 0 bridgehead atoms. The van der Waals surface area contributed by atoms with Crippen LogP contribution in [0.3, 0.4) is 0 Å². The van der Waals surface area contributed by atoms with E-state index < -0.39 is 17.5 Å². The molecule has 2 N–H and O–H groups in total. The fraction of sp³-hybridized carbons (Fsp3) is 0.429. The van der Waals surface area contributed by atoms with Gasteiger partial charge >= 0.3 is 0 Å². The number of aryl methyl sites for hydroxylation is 1. The van der Waals surface area contributed by atoms with E-state index in [1.165, 1.54) is 43.4 Å². The van der Waals surface area contributed by atoms with E-state index in [2.05, 4.69) is 63.8 Å². The van der Waals surface area contributed by atoms with Crippen LogP contribution in [0.1, 0.15) is 72.1 Å². The maximum atomic E-state index is 12.5. The molecule has 1 aliphatic carbocycles. The van der Waals surface area contributed by atoms with Crippen molar-refractivity contribution < 1.29 is 18.3 Å². The van der Waals surface area contributed by atoms with Crippen LogP contribution < -0.4 is 5.32 Å². The Morgan fingerprint density at radius 2 is 1.76 bits per heavy atom. The standard InChI is InChI=1S/C21H26N2.C8H9F3.C6H13NO/c1-7-14(3)21(20(8-2)18-9-10-18)17(6)23-16(5)19-11-12-22-15(4)13-19;1-5(2)8(11)7(10)4-6(3)9;1-5-2-3-7-4-6(5)8/h7-8,11-13,18H,2,5,9-10H2,1,3-4,6H3;4H,3H2,1-2H3;5-8H,2-4H2,1H3/b14-7-,21-20-,23-17?;7-4+;. The zero-order chi connectivity index (χ0) is 32.0. The molecule has 2 atom stereocenters. The second-order valence-corrected chi connectivity index (χ2v) is 10.9. The maximum absolute atomic E-state index is 12.5. The molecular formula is C35H48F3N3O. The second kappa shape index (κ2) is 18.3. The molecule has 0 spiro atoms. The van der Waals surface area contributed by atoms with E-state index in [0.29, 0.717) is 17.9 Å². The first-order valence-electron chi connectivity index (χ1n) is 14.3. The number of aromatic nitrogens is 1. The summed E-state index contributed by atoms with van der Waals surface area (Å²) in [6.45, 7) is 25.9. The Hall–Kier alpha value is -3.29. The summed E-state index contributed by atoms with van der Waals surface area (Å²) >= 11 is 0. The van der Waals surface area contributed by atoms with Crippen LogP contribution in [0.4, 0.5) is 13.2 Å². The molecule has 230 valence electrons. The molecule has 0 amide bonds. The number of pyridine rings is 1. The number of piperidine rings is 1. The molecule has 1 saturated heterocycles. The number of nitrogens with one attached hydrogen (secondary N) is 1. The summed E-state index contributed by atoms with van der Waals surface area (Å²) in [7, 11) is 0. The number of hydrogen-bond donors (Lipinski definition) is 2. The molecule has 42 heavy (non-hydrogen) atoms. The van der Waals surface area contributed by atoms with E-state index in [4.69, 9.17) is 10.1 Å². The predicted octanol–water partition coefficient (Wildman–Crippen LogP) is 9.24. The van der Waals surface area contributed by atoms with E-state index >= 15 is 0 Å². The Bertz CT molecular complexity index is 1250. The lowest BCUT2D eigenvalue weighted by molar-refractivity contribution is 0.0915. The number of nitrogens with zero attached hydrogens (tertiary/aromatic N) is 2. The third-order valence-electron chi connectivity index (χ3n) is 6.97. The summed E-state index contributed by atoms with van der Waals surface area (Å²) in [6.07, 6.45) is 9.85. The SMILES string of the molecule is C=C(F)/C=C(/F)C(F)=C(C)C.C=C/C(=C(C(C)=NC(=C)c1ccnc(C)c1)\C(C)=C/C)C1CC1.CC1CCNCC1O. The van der Waals surface area contributed by atoms with Crippen LogP contribution in [0.2, 0.25) is 0 Å². The highest BCUT2D eigenvalue weighted by atomic mass is 19.2. The quantitative estimate of drug-likeness (QED) is 0.237. The van der Waals surface area contributed by atoms with Crippen molar-refractivity contribution in [3.05, 3.63) is 107 Å². The molecule has 0 aromatic carbocycles. The van der Waals surface area contributed by atoms with Crippen molar-refractivity contribution in [2.24, 2.45) is 16.8 Å². The van der Waals surface area contributed by atoms with Gasteiger partial charge in [0.2, 0.25) is 0 Å². The van der Waals surface area contributed by atoms with E-state index in [0.717, 1.165) is 42.2 Å². The smallest absolute Gasteiger partial charge is 0.161 e. The highest BCUT2D eigenvalue weighted by molar-refractivity contribution is 6.05. The van der Waals surface area contributed by atoms with Crippen molar-refractivity contribution in [2.45, 2.75) is 73.8 Å². The fourth-order valence-corrected chi connectivity index (χ4v) is 4.19. The van der Waals surface area contributed by atoms with Gasteiger partial charge in [-0.1, -0.05) is 38.8 Å². The van der Waals surface area contributed by atoms with Crippen molar-refractivity contribution in [3.8, 4) is 0 Å². The third-order valence-corrected chi connectivity index (χ3v) is 6.97. The summed E-state index contributed by atoms with van der Waals surface area (Å²) in [4.78, 5) is 9.01. The highest BCUT2D eigenvalue weighted by Crippen LogP contribution is 2.40. The van der Waals surface area contributed by atoms with Gasteiger partial charge < -0.3 is 10.4 Å². The van der Waals surface area contributed by atoms with Crippen LogP contribution in [0, 0.1) is 18.8 Å². The fourth-order valence-electron chi connectivity index (χ4n) is 4.19. The maximum Gasteiger partial charge on any atom is 0.161 e. The molecule has 1 aliphatic heterocycles. The zero-order valence-electron chi connectivity index (χ0n) is 26.3. The van der Waals surface area contributed by atoms with Gasteiger partial charge in [0.25, 0.3) is 0 Å². The van der Waals surface area contributed by atoms with Crippen molar-refractivity contribution in [2.75, 3.05) is 13.1 Å². The topological polar surface area (TPSA) is 57.5 Å². The van der Waals surface area contributed by atoms with Crippen LogP contribution in [-0.4, -0.2) is 35.0 Å². The molecule has 2 unspecified atom stereocenters. The Morgan fingerprint density at radius 3 is 2.19 bits per heavy atom. The molecule has 3 rings (SSSR count). The molecule has 1 aromatic rings. The normalized spacial score (nSPS) is 19.7. The van der Waals surface area contributed by atoms with Crippen molar-refractivity contribution in [3.63, 3.8) is 0 Å². The van der Waals surface area contributed by atoms with E-state index in [1.54, 1.807) is 6.20 Å². The lowest BCUT2D eigenvalue weighted by Crippen LogP contribution is -2.39. The Morgan fingerprint density at radius 1 is 1.12 bits per heavy atom. The number of aliphatic hydroxyl groups is 1. The number of aliphatic hydroxyl groups excluding tert-OH is 1. The average molecular weight is 584 g/mol. The van der Waals surface area contributed by atoms with Gasteiger partial charge in [0.05, 0.1) is 11.8 Å². The number of halogens is 3. The molecule has 1 saturated carbocycles. The van der Waals surface area contributed by atoms with E-state index in [-0.39, 0.29) is 11.7 Å². The first-order valence-corrected chi connectivity index (χ1v) is 14.3. The van der Waals surface area contributed by atoms with Gasteiger partial charge in [-0.2, -0.15) is 0 Å². The summed E-state index contributed by atoms with van der Waals surface area (Å²) in [5.74, 6) is -2.13. The van der Waals surface area contributed by atoms with Gasteiger partial charge in [-0.25, -0.2) is 13.2 Å². The summed E-state index contributed by atoms with van der Waals surface area (Å²) in [6, 6.07) is 3.97. The van der Waals surface area contributed by atoms with Gasteiger partial charge in [0, 0.05) is 41.4 Å². The second-order valence-electron chi connectivity index (χ2n) is 10.9. The first-order chi connectivity index (χ1) is 19.7. The monoisotopic (exact) mass is 583 g/mol. The number of rotatable bonds is 8. The van der Waals surface area contributed by atoms with Gasteiger partial charge in [-0.3, -0.25) is 9.98 Å². The molecular weight excluding hydrogens is 535 g/mol. The lowest BCUT2D eigenvalue weighted by atomic mass is 9.94. The number of β-amino-alcohol motifs (C(OH)–C–C–N with tert-alkyl or cyclic N) is 1. The Kier molecular flexibility index (Phi) is 16.0. The molecule has 2 aliphatic rings. The van der Waals surface area contributed by atoms with Gasteiger partial charge in [-0.05, 0) is 108 Å². The largest absolute Gasteiger partial charge is 0.392 e. The highest BCUT2D eigenvalue weighted by Gasteiger charge is 2.27. The zero-order valence-corrected chi connectivity index (χ0v) is 26.3. The lowest BCUT2D eigenvalue weighted by Gasteiger charge is -2.24. The summed E-state index contributed by atoms with van der Waals surface area (Å²) in [5.41, 5.74) is 7.71. The van der Waals surface area contributed by atoms with Crippen LogP contribution in [0.15, 0.2) is 101 Å². The van der Waals surface area contributed by atoms with E-state index in [1.807, 2.05) is 25.1 Å². The number of aliphatic imine (C=N–C) groups is 1. The van der Waals surface area contributed by atoms with E-state index in [9.17, 15) is 13.2 Å². The van der Waals surface area contributed by atoms with Gasteiger partial charge in [0.1, 0.15) is 5.83 Å². The minimum Gasteiger partial charge on any atom is -0.392 e. The number of hydrogen-bond acceptors (Lipinski definition) is 4. The minimum absolute atomic E-state index is 0.108. The van der Waals surface area contributed by atoms with Crippen molar-refractivity contribution in [1.29, 1.82) is 0 Å². The third kappa shape index (κ3) is 12.7. The summed E-state index contributed by atoms with van der Waals surface area (Å²) in [5, 5.41) is 12.2. The van der Waals surface area contributed by atoms with Crippen LogP contribution in [0.5, 0.6) is 0 Å². The van der Waals surface area contributed by atoms with Crippen LogP contribution in [-0.2, 0) is 0 Å². The van der Waals surface area contributed by atoms with Crippen molar-refractivity contribution >= 4 is 11.4 Å². The molecule has 4 nitrogen and oxygen atoms in total. The van der Waals surface area contributed by atoms with Gasteiger partial charge in [0.15, 0.2) is 11.7 Å². The number of allylic oxidation sites excluding steroid dienone is 10. The molecule has 2 fully saturated rings. The molecule has 7 heteroatoms. The van der Waals surface area contributed by atoms with Crippen molar-refractivity contribution in [1.82, 2.24) is 10.3 Å². The van der Waals surface area contributed by atoms with Crippen LogP contribution >= 0.6 is 0 Å². The average Bonchev–Trinajstić information content (AvgIpc) is 3.78. The minimum atomic E-state index is -1.22. The van der Waals surface area contributed by atoms with Gasteiger partial charge in [-0.15, -0.1) is 0 Å². The molecule has 1 aromatic heterocycles. The van der Waals surface area contributed by atoms with Crippen LogP contribution in [0.25, 0.3) is 5.70 Å². The Labute approximate surface area is 251 Å².